The maximum atomic E-state index is 13.6. The number of anilines is 2. The van der Waals surface area contributed by atoms with E-state index < -0.39 is 27.3 Å². The van der Waals surface area contributed by atoms with Gasteiger partial charge in [0.15, 0.2) is 5.82 Å². The number of nitrogen functional groups attached to an aromatic ring is 1. The molecule has 0 aromatic heterocycles. The second-order valence-electron chi connectivity index (χ2n) is 4.04. The van der Waals surface area contributed by atoms with Crippen LogP contribution in [0.2, 0.25) is 5.02 Å². The fraction of sp³-hybridized carbons (Fsp3) is 0. The molecule has 0 radical (unpaired) electrons. The van der Waals surface area contributed by atoms with Crippen molar-refractivity contribution in [3.63, 3.8) is 0 Å². The van der Waals surface area contributed by atoms with Crippen molar-refractivity contribution < 1.29 is 17.2 Å². The van der Waals surface area contributed by atoms with E-state index in [1.54, 1.807) is 0 Å². The van der Waals surface area contributed by atoms with Crippen molar-refractivity contribution in [2.45, 2.75) is 4.90 Å². The highest BCUT2D eigenvalue weighted by molar-refractivity contribution is 9.10. The van der Waals surface area contributed by atoms with Crippen molar-refractivity contribution in [1.29, 1.82) is 0 Å². The van der Waals surface area contributed by atoms with Gasteiger partial charge in [0, 0.05) is 16.2 Å². The third-order valence-corrected chi connectivity index (χ3v) is 5.11. The molecule has 9 heteroatoms. The Bertz CT molecular complexity index is 792. The third kappa shape index (κ3) is 3.45. The number of hydrogen-bond donors (Lipinski definition) is 2. The number of halogens is 4. The summed E-state index contributed by atoms with van der Waals surface area (Å²) in [6.07, 6.45) is 0. The van der Waals surface area contributed by atoms with Gasteiger partial charge in [0.2, 0.25) is 0 Å². The predicted molar refractivity (Wildman–Crippen MR) is 80.7 cm³/mol. The Morgan fingerprint density at radius 1 is 1.19 bits per heavy atom. The quantitative estimate of drug-likeness (QED) is 0.775. The number of nitrogens with two attached hydrogens (primary N) is 1. The molecule has 2 aromatic rings. The van der Waals surface area contributed by atoms with Gasteiger partial charge in [-0.25, -0.2) is 17.2 Å². The highest BCUT2D eigenvalue weighted by atomic mass is 79.9. The van der Waals surface area contributed by atoms with Crippen molar-refractivity contribution in [2.75, 3.05) is 10.5 Å². The van der Waals surface area contributed by atoms with Gasteiger partial charge < -0.3 is 5.73 Å². The Morgan fingerprint density at radius 3 is 2.43 bits per heavy atom. The maximum absolute atomic E-state index is 13.6. The molecule has 4 nitrogen and oxygen atoms in total. The first-order valence-electron chi connectivity index (χ1n) is 5.43. The standard InChI is InChI=1S/C12H8BrClF2N2O2S/c13-8-5-7(17)1-2-11(8)21(19,20)18-12-9(14)3-6(15)4-10(12)16/h1-5,18H,17H2. The van der Waals surface area contributed by atoms with Gasteiger partial charge >= 0.3 is 0 Å². The van der Waals surface area contributed by atoms with Crippen LogP contribution in [0.15, 0.2) is 39.7 Å². The average Bonchev–Trinajstić information content (AvgIpc) is 2.33. The Morgan fingerprint density at radius 2 is 1.86 bits per heavy atom. The maximum Gasteiger partial charge on any atom is 0.263 e. The first-order chi connectivity index (χ1) is 9.70. The zero-order valence-electron chi connectivity index (χ0n) is 10.2. The lowest BCUT2D eigenvalue weighted by Gasteiger charge is -2.12. The molecule has 2 rings (SSSR count). The largest absolute Gasteiger partial charge is 0.399 e. The summed E-state index contributed by atoms with van der Waals surface area (Å²) in [7, 11) is -4.12. The lowest BCUT2D eigenvalue weighted by molar-refractivity contribution is 0.583. The minimum absolute atomic E-state index is 0.156. The zero-order valence-corrected chi connectivity index (χ0v) is 13.4. The van der Waals surface area contributed by atoms with E-state index in [1.807, 2.05) is 4.72 Å². The molecular weight excluding hydrogens is 390 g/mol. The molecule has 0 amide bonds. The summed E-state index contributed by atoms with van der Waals surface area (Å²) < 4.78 is 53.2. The van der Waals surface area contributed by atoms with Gasteiger partial charge in [-0.05, 0) is 40.2 Å². The molecule has 0 fully saturated rings. The van der Waals surface area contributed by atoms with E-state index >= 15 is 0 Å². The van der Waals surface area contributed by atoms with E-state index in [0.29, 0.717) is 11.8 Å². The van der Waals surface area contributed by atoms with Crippen molar-refractivity contribution >= 4 is 48.9 Å². The van der Waals surface area contributed by atoms with Crippen LogP contribution in [0.4, 0.5) is 20.2 Å². The summed E-state index contributed by atoms with van der Waals surface area (Å²) in [6.45, 7) is 0. The summed E-state index contributed by atoms with van der Waals surface area (Å²) in [4.78, 5) is -0.156. The molecule has 0 unspecified atom stereocenters. The van der Waals surface area contributed by atoms with Gasteiger partial charge in [0.25, 0.3) is 10.0 Å². The van der Waals surface area contributed by atoms with Crippen LogP contribution in [0, 0.1) is 11.6 Å². The van der Waals surface area contributed by atoms with E-state index in [-0.39, 0.29) is 14.4 Å². The van der Waals surface area contributed by atoms with Crippen molar-refractivity contribution in [3.8, 4) is 0 Å². The summed E-state index contributed by atoms with van der Waals surface area (Å²) in [5, 5.41) is -0.386. The molecule has 3 N–H and O–H groups in total. The third-order valence-electron chi connectivity index (χ3n) is 2.49. The van der Waals surface area contributed by atoms with Crippen LogP contribution in [-0.2, 0) is 10.0 Å². The number of rotatable bonds is 3. The second-order valence-corrected chi connectivity index (χ2v) is 6.95. The van der Waals surface area contributed by atoms with Crippen molar-refractivity contribution in [3.05, 3.63) is 51.5 Å². The molecule has 2 aromatic carbocycles. The number of hydrogen-bond acceptors (Lipinski definition) is 3. The number of sulfonamides is 1. The van der Waals surface area contributed by atoms with Crippen LogP contribution in [0.1, 0.15) is 0 Å². The van der Waals surface area contributed by atoms with E-state index in [9.17, 15) is 17.2 Å². The summed E-state index contributed by atoms with van der Waals surface area (Å²) in [5.41, 5.74) is 5.35. The minimum Gasteiger partial charge on any atom is -0.399 e. The lowest BCUT2D eigenvalue weighted by Crippen LogP contribution is -2.15. The van der Waals surface area contributed by atoms with Gasteiger partial charge in [-0.1, -0.05) is 11.6 Å². The minimum atomic E-state index is -4.12. The predicted octanol–water partition coefficient (Wildman–Crippen LogP) is 3.76. The molecule has 112 valence electrons. The highest BCUT2D eigenvalue weighted by Crippen LogP contribution is 2.31. The van der Waals surface area contributed by atoms with Crippen molar-refractivity contribution in [2.24, 2.45) is 0 Å². The molecular formula is C12H8BrClF2N2O2S. The Labute approximate surface area is 133 Å². The topological polar surface area (TPSA) is 72.2 Å². The van der Waals surface area contributed by atoms with Crippen LogP contribution >= 0.6 is 27.5 Å². The number of benzene rings is 2. The molecule has 0 aliphatic carbocycles. The van der Waals surface area contributed by atoms with Gasteiger partial charge in [0.05, 0.1) is 5.02 Å². The van der Waals surface area contributed by atoms with Gasteiger partial charge in [-0.2, -0.15) is 0 Å². The highest BCUT2D eigenvalue weighted by Gasteiger charge is 2.21. The molecule has 0 bridgehead atoms. The molecule has 0 saturated carbocycles. The number of nitrogens with one attached hydrogen (secondary N) is 1. The summed E-state index contributed by atoms with van der Waals surface area (Å²) in [6, 6.07) is 5.35. The Balaban J connectivity index is 2.47. The lowest BCUT2D eigenvalue weighted by atomic mass is 10.3. The first-order valence-corrected chi connectivity index (χ1v) is 8.08. The summed E-state index contributed by atoms with van der Waals surface area (Å²) >= 11 is 8.71. The molecule has 0 aliphatic heterocycles. The van der Waals surface area contributed by atoms with Gasteiger partial charge in [-0.15, -0.1) is 0 Å². The average molecular weight is 398 g/mol. The van der Waals surface area contributed by atoms with Crippen molar-refractivity contribution in [1.82, 2.24) is 0 Å². The van der Waals surface area contributed by atoms with Crippen LogP contribution in [0.25, 0.3) is 0 Å². The molecule has 0 aliphatic rings. The monoisotopic (exact) mass is 396 g/mol. The molecule has 0 spiro atoms. The normalized spacial score (nSPS) is 11.4. The first kappa shape index (κ1) is 16.0. The van der Waals surface area contributed by atoms with E-state index in [1.165, 1.54) is 18.2 Å². The van der Waals surface area contributed by atoms with Crippen LogP contribution in [-0.4, -0.2) is 8.42 Å². The van der Waals surface area contributed by atoms with E-state index in [4.69, 9.17) is 17.3 Å². The molecule has 0 atom stereocenters. The van der Waals surface area contributed by atoms with Gasteiger partial charge in [0.1, 0.15) is 16.4 Å². The summed E-state index contributed by atoms with van der Waals surface area (Å²) in [5.74, 6) is -2.02. The van der Waals surface area contributed by atoms with E-state index in [0.717, 1.165) is 6.07 Å². The second kappa shape index (κ2) is 5.78. The molecule has 21 heavy (non-hydrogen) atoms. The SMILES string of the molecule is Nc1ccc(S(=O)(=O)Nc2c(F)cc(F)cc2Cl)c(Br)c1. The fourth-order valence-electron chi connectivity index (χ4n) is 1.56. The Hall–Kier alpha value is -1.38. The molecule has 0 heterocycles. The zero-order chi connectivity index (χ0) is 15.8. The molecule has 0 saturated heterocycles. The Kier molecular flexibility index (Phi) is 4.40. The van der Waals surface area contributed by atoms with Crippen LogP contribution in [0.5, 0.6) is 0 Å². The van der Waals surface area contributed by atoms with E-state index in [2.05, 4.69) is 15.9 Å². The fourth-order valence-corrected chi connectivity index (χ4v) is 4.05. The van der Waals surface area contributed by atoms with Crippen LogP contribution in [0.3, 0.4) is 0 Å². The smallest absolute Gasteiger partial charge is 0.263 e. The van der Waals surface area contributed by atoms with Crippen LogP contribution < -0.4 is 10.5 Å². The van der Waals surface area contributed by atoms with Gasteiger partial charge in [-0.3, -0.25) is 4.72 Å².